The van der Waals surface area contributed by atoms with Crippen molar-refractivity contribution in [1.82, 2.24) is 0 Å². The second-order valence-corrected chi connectivity index (χ2v) is 3.42. The first kappa shape index (κ1) is 11.8. The van der Waals surface area contributed by atoms with Gasteiger partial charge in [0.1, 0.15) is 0 Å². The average molecular weight is 247 g/mol. The van der Waals surface area contributed by atoms with Crippen LogP contribution in [0.2, 0.25) is 10.0 Å². The molecule has 0 aliphatic carbocycles. The van der Waals surface area contributed by atoms with Crippen molar-refractivity contribution in [1.29, 1.82) is 0 Å². The number of primary amides is 1. The number of oxime groups is 1. The molecule has 1 aromatic carbocycles. The van der Waals surface area contributed by atoms with Crippen molar-refractivity contribution in [2.24, 2.45) is 10.9 Å². The van der Waals surface area contributed by atoms with Gasteiger partial charge >= 0.3 is 0 Å². The van der Waals surface area contributed by atoms with E-state index in [4.69, 9.17) is 28.9 Å². The molecule has 80 valence electrons. The molecule has 0 saturated heterocycles. The number of hydrogen-bond acceptors (Lipinski definition) is 3. The Kier molecular flexibility index (Phi) is 4.39. The normalized spacial score (nSPS) is 10.5. The predicted octanol–water partition coefficient (Wildman–Crippen LogP) is 1.83. The summed E-state index contributed by atoms with van der Waals surface area (Å²) in [6.07, 6.45) is 1.33. The molecule has 0 aliphatic heterocycles. The highest BCUT2D eigenvalue weighted by molar-refractivity contribution is 6.38. The molecule has 2 N–H and O–H groups in total. The maximum Gasteiger partial charge on any atom is 0.258 e. The minimum Gasteiger partial charge on any atom is -0.386 e. The zero-order valence-electron chi connectivity index (χ0n) is 7.61. The smallest absolute Gasteiger partial charge is 0.258 e. The van der Waals surface area contributed by atoms with E-state index in [0.717, 1.165) is 0 Å². The first-order valence-electron chi connectivity index (χ1n) is 3.99. The number of amides is 1. The van der Waals surface area contributed by atoms with Crippen LogP contribution in [0.1, 0.15) is 5.56 Å². The Hall–Kier alpha value is -1.26. The molecule has 0 saturated carbocycles. The van der Waals surface area contributed by atoms with Gasteiger partial charge in [-0.1, -0.05) is 34.4 Å². The molecule has 0 aromatic heterocycles. The molecular weight excluding hydrogens is 239 g/mol. The minimum absolute atomic E-state index is 0.279. The lowest BCUT2D eigenvalue weighted by Gasteiger charge is -1.99. The monoisotopic (exact) mass is 246 g/mol. The van der Waals surface area contributed by atoms with E-state index in [0.29, 0.717) is 15.6 Å². The van der Waals surface area contributed by atoms with Gasteiger partial charge in [0.2, 0.25) is 0 Å². The van der Waals surface area contributed by atoms with E-state index >= 15 is 0 Å². The van der Waals surface area contributed by atoms with Gasteiger partial charge in [-0.25, -0.2) is 0 Å². The highest BCUT2D eigenvalue weighted by Gasteiger charge is 2.01. The summed E-state index contributed by atoms with van der Waals surface area (Å²) in [5.41, 5.74) is 5.37. The van der Waals surface area contributed by atoms with E-state index in [-0.39, 0.29) is 6.61 Å². The Morgan fingerprint density at radius 2 is 2.07 bits per heavy atom. The maximum atomic E-state index is 10.3. The quantitative estimate of drug-likeness (QED) is 0.651. The number of nitrogens with zero attached hydrogens (tertiary/aromatic N) is 1. The maximum absolute atomic E-state index is 10.3. The van der Waals surface area contributed by atoms with E-state index in [1.807, 2.05) is 0 Å². The average Bonchev–Trinajstić information content (AvgIpc) is 2.15. The summed E-state index contributed by atoms with van der Waals surface area (Å²) in [5.74, 6) is -0.600. The van der Waals surface area contributed by atoms with Crippen LogP contribution in [-0.2, 0) is 9.63 Å². The lowest BCUT2D eigenvalue weighted by Crippen LogP contribution is -2.16. The van der Waals surface area contributed by atoms with E-state index in [1.165, 1.54) is 6.21 Å². The third-order valence-electron chi connectivity index (χ3n) is 1.46. The van der Waals surface area contributed by atoms with Crippen molar-refractivity contribution < 1.29 is 9.63 Å². The van der Waals surface area contributed by atoms with Gasteiger partial charge in [0, 0.05) is 5.56 Å². The van der Waals surface area contributed by atoms with Crippen LogP contribution in [0.5, 0.6) is 0 Å². The fourth-order valence-corrected chi connectivity index (χ4v) is 1.32. The Morgan fingerprint density at radius 3 is 2.60 bits per heavy atom. The largest absolute Gasteiger partial charge is 0.386 e. The molecule has 1 rings (SSSR count). The van der Waals surface area contributed by atoms with Crippen LogP contribution in [0, 0.1) is 0 Å². The van der Waals surface area contributed by atoms with Crippen molar-refractivity contribution in [3.05, 3.63) is 33.8 Å². The summed E-state index contributed by atoms with van der Waals surface area (Å²) >= 11 is 11.7. The summed E-state index contributed by atoms with van der Waals surface area (Å²) in [5, 5.41) is 4.41. The number of carbonyl (C=O) groups is 1. The van der Waals surface area contributed by atoms with Gasteiger partial charge in [0.05, 0.1) is 16.3 Å². The SMILES string of the molecule is NC(=O)CO/N=C/c1c(Cl)cccc1Cl. The molecule has 0 bridgehead atoms. The van der Waals surface area contributed by atoms with Crippen LogP contribution < -0.4 is 5.73 Å². The van der Waals surface area contributed by atoms with E-state index in [1.54, 1.807) is 18.2 Å². The van der Waals surface area contributed by atoms with Gasteiger partial charge in [-0.05, 0) is 12.1 Å². The topological polar surface area (TPSA) is 64.7 Å². The Balaban J connectivity index is 2.67. The van der Waals surface area contributed by atoms with Crippen LogP contribution in [0.25, 0.3) is 0 Å². The number of hydrogen-bond donors (Lipinski definition) is 1. The zero-order chi connectivity index (χ0) is 11.3. The lowest BCUT2D eigenvalue weighted by atomic mass is 10.2. The van der Waals surface area contributed by atoms with Crippen LogP contribution in [0.4, 0.5) is 0 Å². The third-order valence-corrected chi connectivity index (χ3v) is 2.12. The van der Waals surface area contributed by atoms with Crippen LogP contribution in [0.15, 0.2) is 23.4 Å². The molecular formula is C9H8Cl2N2O2. The first-order chi connectivity index (χ1) is 7.11. The first-order valence-corrected chi connectivity index (χ1v) is 4.74. The molecule has 1 aromatic rings. The molecule has 0 atom stereocenters. The van der Waals surface area contributed by atoms with Crippen molar-refractivity contribution >= 4 is 35.3 Å². The summed E-state index contributed by atoms with van der Waals surface area (Å²) in [6.45, 7) is -0.279. The van der Waals surface area contributed by atoms with Crippen molar-refractivity contribution in [3.63, 3.8) is 0 Å². The predicted molar refractivity (Wildman–Crippen MR) is 59.2 cm³/mol. The minimum atomic E-state index is -0.600. The van der Waals surface area contributed by atoms with E-state index in [2.05, 4.69) is 9.99 Å². The Morgan fingerprint density at radius 1 is 1.47 bits per heavy atom. The standard InChI is InChI=1S/C9H8Cl2N2O2/c10-7-2-1-3-8(11)6(7)4-13-15-5-9(12)14/h1-4H,5H2,(H2,12,14)/b13-4+. The molecule has 1 amide bonds. The molecule has 0 radical (unpaired) electrons. The number of halogens is 2. The van der Waals surface area contributed by atoms with Gasteiger partial charge in [-0.2, -0.15) is 0 Å². The van der Waals surface area contributed by atoms with Crippen LogP contribution in [0.3, 0.4) is 0 Å². The highest BCUT2D eigenvalue weighted by Crippen LogP contribution is 2.22. The number of rotatable bonds is 4. The van der Waals surface area contributed by atoms with E-state index < -0.39 is 5.91 Å². The number of carbonyl (C=O) groups excluding carboxylic acids is 1. The fraction of sp³-hybridized carbons (Fsp3) is 0.111. The molecule has 4 nitrogen and oxygen atoms in total. The zero-order valence-corrected chi connectivity index (χ0v) is 9.13. The summed E-state index contributed by atoms with van der Waals surface area (Å²) in [4.78, 5) is 14.9. The summed E-state index contributed by atoms with van der Waals surface area (Å²) < 4.78 is 0. The van der Waals surface area contributed by atoms with Gasteiger partial charge in [0.25, 0.3) is 5.91 Å². The second kappa shape index (κ2) is 5.58. The summed E-state index contributed by atoms with van der Waals surface area (Å²) in [6, 6.07) is 5.05. The van der Waals surface area contributed by atoms with Crippen molar-refractivity contribution in [2.75, 3.05) is 6.61 Å². The third kappa shape index (κ3) is 3.77. The van der Waals surface area contributed by atoms with Crippen molar-refractivity contribution in [3.8, 4) is 0 Å². The van der Waals surface area contributed by atoms with E-state index in [9.17, 15) is 4.79 Å². The van der Waals surface area contributed by atoms with Gasteiger partial charge in [0.15, 0.2) is 6.61 Å². The lowest BCUT2D eigenvalue weighted by molar-refractivity contribution is -0.122. The molecule has 0 fully saturated rings. The Bertz CT molecular complexity index is 373. The second-order valence-electron chi connectivity index (χ2n) is 2.61. The Labute approximate surface area is 96.6 Å². The fourth-order valence-electron chi connectivity index (χ4n) is 0.825. The molecule has 0 aliphatic rings. The van der Waals surface area contributed by atoms with Gasteiger partial charge in [-0.3, -0.25) is 4.79 Å². The summed E-state index contributed by atoms with van der Waals surface area (Å²) in [7, 11) is 0. The molecule has 0 spiro atoms. The van der Waals surface area contributed by atoms with Gasteiger partial charge in [-0.15, -0.1) is 0 Å². The number of benzene rings is 1. The van der Waals surface area contributed by atoms with Crippen molar-refractivity contribution in [2.45, 2.75) is 0 Å². The molecule has 15 heavy (non-hydrogen) atoms. The van der Waals surface area contributed by atoms with Crippen LogP contribution in [-0.4, -0.2) is 18.7 Å². The molecule has 0 unspecified atom stereocenters. The van der Waals surface area contributed by atoms with Crippen LogP contribution >= 0.6 is 23.2 Å². The highest BCUT2D eigenvalue weighted by atomic mass is 35.5. The number of nitrogens with two attached hydrogens (primary N) is 1. The molecule has 0 heterocycles. The van der Waals surface area contributed by atoms with Gasteiger partial charge < -0.3 is 10.6 Å². The molecule has 6 heteroatoms.